The van der Waals surface area contributed by atoms with E-state index in [1.165, 1.54) is 32.1 Å². The van der Waals surface area contributed by atoms with E-state index < -0.39 is 29.4 Å². The minimum Gasteiger partial charge on any atom is -0.392 e. The molecule has 2 heterocycles. The Kier molecular flexibility index (Phi) is 5.74. The molecule has 0 fully saturated rings. The van der Waals surface area contributed by atoms with Gasteiger partial charge in [-0.2, -0.15) is 18.3 Å². The second-order valence-corrected chi connectivity index (χ2v) is 8.54. The molecule has 4 rings (SSSR count). The normalized spacial score (nSPS) is 16.7. The number of aliphatic hydroxyl groups excluding tert-OH is 1. The maximum atomic E-state index is 14.0. The summed E-state index contributed by atoms with van der Waals surface area (Å²) in [6.07, 6.45) is 0.150. The van der Waals surface area contributed by atoms with Gasteiger partial charge in [0.25, 0.3) is 0 Å². The highest BCUT2D eigenvalue weighted by molar-refractivity contribution is 5.91. The number of hydrogen-bond donors (Lipinski definition) is 3. The lowest BCUT2D eigenvalue weighted by molar-refractivity contribution is -0.119. The van der Waals surface area contributed by atoms with Crippen LogP contribution < -0.4 is 10.6 Å². The lowest BCUT2D eigenvalue weighted by Crippen LogP contribution is -2.48. The number of benzene rings is 2. The molecule has 1 aliphatic rings. The van der Waals surface area contributed by atoms with Gasteiger partial charge in [-0.1, -0.05) is 24.3 Å². The summed E-state index contributed by atoms with van der Waals surface area (Å²) in [5.74, 6) is -0.965. The molecule has 1 atom stereocenters. The fourth-order valence-corrected chi connectivity index (χ4v) is 3.94. The minimum absolute atomic E-state index is 0.00750. The summed E-state index contributed by atoms with van der Waals surface area (Å²) < 4.78 is 43.4. The van der Waals surface area contributed by atoms with E-state index in [-0.39, 0.29) is 17.9 Å². The molecule has 10 heteroatoms. The molecule has 1 aromatic heterocycles. The third kappa shape index (κ3) is 4.29. The molecule has 1 aliphatic heterocycles. The standard InChI is InChI=1S/C24H23F3N4O3/c1-23(2,34)17-11-18-15(12-30(29-18)16-8-6-14(13-32)7-9-16)10-20(17)31-19(22(28)33)4-3-5-21(31)24(25,26)27/h3-12,19,32,34H,13H2,1-2H3,(H2,28,33). The number of carbonyl (C=O) groups excluding carboxylic acids is 1. The smallest absolute Gasteiger partial charge is 0.392 e. The largest absolute Gasteiger partial charge is 0.431 e. The van der Waals surface area contributed by atoms with Gasteiger partial charge in [-0.25, -0.2) is 4.68 Å². The fourth-order valence-electron chi connectivity index (χ4n) is 3.94. The van der Waals surface area contributed by atoms with Crippen molar-refractivity contribution in [2.75, 3.05) is 4.90 Å². The van der Waals surface area contributed by atoms with Crippen molar-refractivity contribution in [1.82, 2.24) is 9.78 Å². The molecular formula is C24H23F3N4O3. The van der Waals surface area contributed by atoms with E-state index in [1.807, 2.05) is 0 Å². The number of aromatic nitrogens is 2. The Morgan fingerprint density at radius 1 is 1.18 bits per heavy atom. The van der Waals surface area contributed by atoms with Crippen LogP contribution in [0.1, 0.15) is 25.0 Å². The Hall–Kier alpha value is -3.63. The number of fused-ring (bicyclic) bond motifs is 1. The van der Waals surface area contributed by atoms with Gasteiger partial charge >= 0.3 is 6.18 Å². The molecule has 1 amide bonds. The van der Waals surface area contributed by atoms with Gasteiger partial charge in [0.15, 0.2) is 0 Å². The van der Waals surface area contributed by atoms with Crippen molar-refractivity contribution < 1.29 is 28.2 Å². The van der Waals surface area contributed by atoms with Crippen molar-refractivity contribution in [2.24, 2.45) is 5.73 Å². The average molecular weight is 472 g/mol. The zero-order valence-corrected chi connectivity index (χ0v) is 18.4. The van der Waals surface area contributed by atoms with Crippen molar-refractivity contribution in [1.29, 1.82) is 0 Å². The zero-order valence-electron chi connectivity index (χ0n) is 18.4. The summed E-state index contributed by atoms with van der Waals surface area (Å²) in [6, 6.07) is 8.52. The van der Waals surface area contributed by atoms with E-state index in [0.29, 0.717) is 22.2 Å². The quantitative estimate of drug-likeness (QED) is 0.528. The summed E-state index contributed by atoms with van der Waals surface area (Å²) >= 11 is 0. The SMILES string of the molecule is CC(C)(O)c1cc2nn(-c3ccc(CO)cc3)cc2cc1N1C(C(F)(F)F)=CC=CC1C(N)=O. The zero-order chi connectivity index (χ0) is 24.8. The molecular weight excluding hydrogens is 449 g/mol. The Labute approximate surface area is 193 Å². The predicted octanol–water partition coefficient (Wildman–Crippen LogP) is 3.42. The first kappa shape index (κ1) is 23.5. The molecule has 0 radical (unpaired) electrons. The number of amides is 1. The predicted molar refractivity (Wildman–Crippen MR) is 121 cm³/mol. The number of allylic oxidation sites excluding steroid dienone is 3. The summed E-state index contributed by atoms with van der Waals surface area (Å²) in [4.78, 5) is 12.9. The van der Waals surface area contributed by atoms with Gasteiger partial charge < -0.3 is 20.8 Å². The molecule has 0 aliphatic carbocycles. The van der Waals surface area contributed by atoms with Gasteiger partial charge in [-0.15, -0.1) is 0 Å². The van der Waals surface area contributed by atoms with Crippen LogP contribution in [-0.2, 0) is 17.0 Å². The molecule has 3 aromatic rings. The van der Waals surface area contributed by atoms with Crippen LogP contribution in [0, 0.1) is 0 Å². The molecule has 0 saturated heterocycles. The molecule has 1 unspecified atom stereocenters. The first-order valence-electron chi connectivity index (χ1n) is 10.4. The third-order valence-corrected chi connectivity index (χ3v) is 5.59. The van der Waals surface area contributed by atoms with Crippen molar-refractivity contribution in [2.45, 2.75) is 38.3 Å². The minimum atomic E-state index is -4.77. The highest BCUT2D eigenvalue weighted by atomic mass is 19.4. The van der Waals surface area contributed by atoms with E-state index in [2.05, 4.69) is 5.10 Å². The third-order valence-electron chi connectivity index (χ3n) is 5.59. The number of carbonyl (C=O) groups is 1. The summed E-state index contributed by atoms with van der Waals surface area (Å²) in [7, 11) is 0. The lowest BCUT2D eigenvalue weighted by Gasteiger charge is -2.37. The van der Waals surface area contributed by atoms with Crippen LogP contribution in [0.3, 0.4) is 0 Å². The van der Waals surface area contributed by atoms with E-state index in [9.17, 15) is 28.2 Å². The van der Waals surface area contributed by atoms with Gasteiger partial charge in [0, 0.05) is 22.8 Å². The maximum Gasteiger partial charge on any atom is 0.431 e. The van der Waals surface area contributed by atoms with Crippen LogP contribution in [0.4, 0.5) is 18.9 Å². The van der Waals surface area contributed by atoms with E-state index >= 15 is 0 Å². The van der Waals surface area contributed by atoms with Gasteiger partial charge in [-0.05, 0) is 49.8 Å². The second-order valence-electron chi connectivity index (χ2n) is 8.54. The van der Waals surface area contributed by atoms with Crippen molar-refractivity contribution in [3.05, 3.63) is 77.6 Å². The topological polar surface area (TPSA) is 105 Å². The second kappa shape index (κ2) is 8.30. The fraction of sp³-hybridized carbons (Fsp3) is 0.250. The molecule has 2 aromatic carbocycles. The highest BCUT2D eigenvalue weighted by Gasteiger charge is 2.44. The number of alkyl halides is 3. The highest BCUT2D eigenvalue weighted by Crippen LogP contribution is 2.42. The monoisotopic (exact) mass is 472 g/mol. The van der Waals surface area contributed by atoms with E-state index in [0.717, 1.165) is 17.1 Å². The Bertz CT molecular complexity index is 1300. The molecule has 178 valence electrons. The van der Waals surface area contributed by atoms with Crippen LogP contribution in [0.2, 0.25) is 0 Å². The number of nitrogens with two attached hydrogens (primary N) is 1. The number of rotatable bonds is 5. The van der Waals surface area contributed by atoms with E-state index in [1.54, 1.807) is 35.1 Å². The van der Waals surface area contributed by atoms with Crippen molar-refractivity contribution in [3.63, 3.8) is 0 Å². The van der Waals surface area contributed by atoms with Crippen molar-refractivity contribution >= 4 is 22.5 Å². The number of halogens is 3. The van der Waals surface area contributed by atoms with Crippen LogP contribution in [0.15, 0.2) is 66.5 Å². The Morgan fingerprint density at radius 3 is 2.41 bits per heavy atom. The first-order valence-corrected chi connectivity index (χ1v) is 10.4. The Balaban J connectivity index is 1.93. The van der Waals surface area contributed by atoms with Crippen LogP contribution in [-0.4, -0.2) is 38.1 Å². The average Bonchev–Trinajstić information content (AvgIpc) is 3.19. The first-order chi connectivity index (χ1) is 15.9. The van der Waals surface area contributed by atoms with Gasteiger partial charge in [0.1, 0.15) is 11.7 Å². The Morgan fingerprint density at radius 2 is 1.85 bits per heavy atom. The molecule has 0 bridgehead atoms. The molecule has 34 heavy (non-hydrogen) atoms. The number of anilines is 1. The number of nitrogens with zero attached hydrogens (tertiary/aromatic N) is 3. The summed E-state index contributed by atoms with van der Waals surface area (Å²) in [6.45, 7) is 2.77. The van der Waals surface area contributed by atoms with Crippen LogP contribution in [0.5, 0.6) is 0 Å². The molecule has 7 nitrogen and oxygen atoms in total. The number of hydrogen-bond acceptors (Lipinski definition) is 5. The lowest BCUT2D eigenvalue weighted by atomic mass is 9.93. The summed E-state index contributed by atoms with van der Waals surface area (Å²) in [5.41, 5.74) is 4.79. The van der Waals surface area contributed by atoms with Gasteiger partial charge in [-0.3, -0.25) is 4.79 Å². The van der Waals surface area contributed by atoms with Crippen molar-refractivity contribution in [3.8, 4) is 5.69 Å². The molecule has 4 N–H and O–H groups in total. The van der Waals surface area contributed by atoms with Crippen LogP contribution >= 0.6 is 0 Å². The number of aliphatic hydroxyl groups is 2. The molecule has 0 saturated carbocycles. The van der Waals surface area contributed by atoms with Gasteiger partial charge in [0.2, 0.25) is 5.91 Å². The van der Waals surface area contributed by atoms with Gasteiger partial charge in [0.05, 0.1) is 23.4 Å². The number of primary amides is 1. The van der Waals surface area contributed by atoms with Crippen LogP contribution in [0.25, 0.3) is 16.6 Å². The maximum absolute atomic E-state index is 14.0. The molecule has 0 spiro atoms. The van der Waals surface area contributed by atoms with E-state index in [4.69, 9.17) is 5.73 Å². The summed E-state index contributed by atoms with van der Waals surface area (Å²) in [5, 5.41) is 25.1.